The fourth-order valence-electron chi connectivity index (χ4n) is 4.14. The molecule has 0 radical (unpaired) electrons. The molecular formula is C23H34N4O6S. The first-order valence-corrected chi connectivity index (χ1v) is 12.7. The standard InChI is InChI=1S/C23H34N4O6S/c1-14-11-27(15(2)13-28)22(29)10-18-9-19(7-8-20(18)32-21(14)12-26(5)6)25-34(30,31)23-16(3)24-33-17(23)4/h7-9,14-15,21,25,28H,10-13H2,1-6H3/t14-,15-,21-/m0/s1. The van der Waals surface area contributed by atoms with Crippen LogP contribution in [0.5, 0.6) is 5.75 Å². The quantitative estimate of drug-likeness (QED) is 0.597. The van der Waals surface area contributed by atoms with Crippen LogP contribution in [0.1, 0.15) is 30.9 Å². The molecule has 188 valence electrons. The first kappa shape index (κ1) is 26.0. The number of hydrogen-bond donors (Lipinski definition) is 2. The van der Waals surface area contributed by atoms with Crippen LogP contribution < -0.4 is 9.46 Å². The van der Waals surface area contributed by atoms with Gasteiger partial charge in [-0.15, -0.1) is 0 Å². The molecule has 0 saturated heterocycles. The van der Waals surface area contributed by atoms with Gasteiger partial charge in [-0.2, -0.15) is 0 Å². The minimum Gasteiger partial charge on any atom is -0.488 e. The van der Waals surface area contributed by atoms with Crippen molar-refractivity contribution < 1.29 is 27.6 Å². The number of aryl methyl sites for hydroxylation is 2. The fourth-order valence-corrected chi connectivity index (χ4v) is 5.52. The second-order valence-electron chi connectivity index (χ2n) is 9.23. The second kappa shape index (κ2) is 10.3. The molecule has 11 heteroatoms. The van der Waals surface area contributed by atoms with E-state index < -0.39 is 10.0 Å². The number of nitrogens with one attached hydrogen (secondary N) is 1. The maximum atomic E-state index is 13.2. The van der Waals surface area contributed by atoms with Gasteiger partial charge in [0.15, 0.2) is 10.7 Å². The highest BCUT2D eigenvalue weighted by atomic mass is 32.2. The predicted octanol–water partition coefficient (Wildman–Crippen LogP) is 1.80. The molecule has 2 heterocycles. The summed E-state index contributed by atoms with van der Waals surface area (Å²) >= 11 is 0. The number of carbonyl (C=O) groups excluding carboxylic acids is 1. The van der Waals surface area contributed by atoms with Gasteiger partial charge in [0.25, 0.3) is 10.0 Å². The number of rotatable bonds is 7. The lowest BCUT2D eigenvalue weighted by Gasteiger charge is -2.33. The molecule has 1 aromatic carbocycles. The monoisotopic (exact) mass is 494 g/mol. The van der Waals surface area contributed by atoms with Gasteiger partial charge in [-0.05, 0) is 53.1 Å². The minimum atomic E-state index is -3.94. The third kappa shape index (κ3) is 5.70. The smallest absolute Gasteiger partial charge is 0.267 e. The van der Waals surface area contributed by atoms with E-state index >= 15 is 0 Å². The van der Waals surface area contributed by atoms with Gasteiger partial charge in [-0.3, -0.25) is 9.52 Å². The topological polar surface area (TPSA) is 125 Å². The van der Waals surface area contributed by atoms with Crippen LogP contribution in [0.3, 0.4) is 0 Å². The Kier molecular flexibility index (Phi) is 7.89. The zero-order valence-electron chi connectivity index (χ0n) is 20.5. The van der Waals surface area contributed by atoms with Crippen molar-refractivity contribution in [1.82, 2.24) is 15.0 Å². The molecular weight excluding hydrogens is 460 g/mol. The van der Waals surface area contributed by atoms with Gasteiger partial charge in [0.1, 0.15) is 17.5 Å². The summed E-state index contributed by atoms with van der Waals surface area (Å²) < 4.78 is 39.8. The van der Waals surface area contributed by atoms with Crippen LogP contribution in [0.4, 0.5) is 5.69 Å². The van der Waals surface area contributed by atoms with Crippen molar-refractivity contribution in [2.45, 2.75) is 51.2 Å². The third-order valence-corrected chi connectivity index (χ3v) is 7.58. The molecule has 1 aliphatic rings. The summed E-state index contributed by atoms with van der Waals surface area (Å²) in [5.41, 5.74) is 1.13. The molecule has 1 amide bonds. The Bertz CT molecular complexity index is 1110. The molecule has 2 aromatic rings. The molecule has 3 atom stereocenters. The number of amides is 1. The fraction of sp³-hybridized carbons (Fsp3) is 0.565. The number of fused-ring (bicyclic) bond motifs is 1. The van der Waals surface area contributed by atoms with E-state index in [2.05, 4.69) is 9.88 Å². The number of hydrogen-bond acceptors (Lipinski definition) is 8. The number of nitrogens with zero attached hydrogens (tertiary/aromatic N) is 3. The van der Waals surface area contributed by atoms with E-state index in [1.807, 2.05) is 25.9 Å². The number of ether oxygens (including phenoxy) is 1. The highest BCUT2D eigenvalue weighted by Gasteiger charge is 2.31. The van der Waals surface area contributed by atoms with Crippen molar-refractivity contribution in [3.05, 3.63) is 35.2 Å². The van der Waals surface area contributed by atoms with Gasteiger partial charge >= 0.3 is 0 Å². The van der Waals surface area contributed by atoms with Gasteiger partial charge in [0.2, 0.25) is 5.91 Å². The molecule has 2 N–H and O–H groups in total. The predicted molar refractivity (Wildman–Crippen MR) is 127 cm³/mol. The van der Waals surface area contributed by atoms with E-state index in [-0.39, 0.29) is 53.3 Å². The summed E-state index contributed by atoms with van der Waals surface area (Å²) in [6.45, 7) is 7.85. The van der Waals surface area contributed by atoms with Crippen molar-refractivity contribution in [1.29, 1.82) is 0 Å². The van der Waals surface area contributed by atoms with Gasteiger partial charge in [0, 0.05) is 30.3 Å². The van der Waals surface area contributed by atoms with E-state index in [1.54, 1.807) is 36.9 Å². The van der Waals surface area contributed by atoms with Crippen molar-refractivity contribution in [3.8, 4) is 5.75 Å². The minimum absolute atomic E-state index is 0.00372. The molecule has 0 spiro atoms. The maximum absolute atomic E-state index is 13.2. The van der Waals surface area contributed by atoms with E-state index in [1.165, 1.54) is 6.92 Å². The van der Waals surface area contributed by atoms with Gasteiger partial charge in [-0.1, -0.05) is 12.1 Å². The van der Waals surface area contributed by atoms with Gasteiger partial charge < -0.3 is 24.2 Å². The third-order valence-electron chi connectivity index (χ3n) is 5.95. The first-order valence-electron chi connectivity index (χ1n) is 11.2. The number of aliphatic hydroxyl groups excluding tert-OH is 1. The van der Waals surface area contributed by atoms with Crippen molar-refractivity contribution in [2.75, 3.05) is 38.5 Å². The number of likely N-dealkylation sites (N-methyl/N-ethyl adjacent to an activating group) is 1. The zero-order valence-corrected chi connectivity index (χ0v) is 21.3. The van der Waals surface area contributed by atoms with Crippen molar-refractivity contribution in [2.24, 2.45) is 5.92 Å². The molecule has 0 unspecified atom stereocenters. The molecule has 0 bridgehead atoms. The van der Waals surface area contributed by atoms with E-state index in [9.17, 15) is 18.3 Å². The summed E-state index contributed by atoms with van der Waals surface area (Å²) in [7, 11) is -0.0330. The van der Waals surface area contributed by atoms with Crippen molar-refractivity contribution in [3.63, 3.8) is 0 Å². The summed E-state index contributed by atoms with van der Waals surface area (Å²) in [6, 6.07) is 4.57. The second-order valence-corrected chi connectivity index (χ2v) is 10.9. The largest absolute Gasteiger partial charge is 0.488 e. The Balaban J connectivity index is 1.99. The van der Waals surface area contributed by atoms with Gasteiger partial charge in [-0.25, -0.2) is 8.42 Å². The van der Waals surface area contributed by atoms with Crippen LogP contribution in [0.2, 0.25) is 0 Å². The zero-order chi connectivity index (χ0) is 25.2. The SMILES string of the molecule is Cc1noc(C)c1S(=O)(=O)Nc1ccc2c(c1)CC(=O)N([C@@H](C)CO)C[C@H](C)[C@H](CN(C)C)O2. The summed E-state index contributed by atoms with van der Waals surface area (Å²) in [5, 5.41) is 13.4. The molecule has 10 nitrogen and oxygen atoms in total. The number of aliphatic hydroxyl groups is 1. The molecule has 0 fully saturated rings. The lowest BCUT2D eigenvalue weighted by molar-refractivity contribution is -0.134. The van der Waals surface area contributed by atoms with Crippen LogP contribution in [-0.4, -0.2) is 80.3 Å². The highest BCUT2D eigenvalue weighted by Crippen LogP contribution is 2.30. The van der Waals surface area contributed by atoms with E-state index in [4.69, 9.17) is 9.26 Å². The molecule has 1 aliphatic heterocycles. The first-order chi connectivity index (χ1) is 15.9. The lowest BCUT2D eigenvalue weighted by Crippen LogP contribution is -2.47. The number of aromatic nitrogens is 1. The molecule has 34 heavy (non-hydrogen) atoms. The van der Waals surface area contributed by atoms with Crippen LogP contribution in [0, 0.1) is 19.8 Å². The number of anilines is 1. The van der Waals surface area contributed by atoms with E-state index in [0.717, 1.165) is 0 Å². The Morgan fingerprint density at radius 1 is 1.32 bits per heavy atom. The average Bonchev–Trinajstić information content (AvgIpc) is 3.11. The van der Waals surface area contributed by atoms with Gasteiger partial charge in [0.05, 0.1) is 19.1 Å². The Labute approximate surface area is 200 Å². The van der Waals surface area contributed by atoms with Crippen LogP contribution >= 0.6 is 0 Å². The molecule has 0 saturated carbocycles. The number of carbonyl (C=O) groups is 1. The van der Waals surface area contributed by atoms with E-state index in [0.29, 0.717) is 30.1 Å². The maximum Gasteiger partial charge on any atom is 0.267 e. The average molecular weight is 495 g/mol. The van der Waals surface area contributed by atoms with Crippen LogP contribution in [0.25, 0.3) is 0 Å². The number of benzene rings is 1. The van der Waals surface area contributed by atoms with Crippen LogP contribution in [-0.2, 0) is 21.2 Å². The normalized spacial score (nSPS) is 20.2. The highest BCUT2D eigenvalue weighted by molar-refractivity contribution is 7.92. The Hall–Kier alpha value is -2.63. The molecule has 0 aliphatic carbocycles. The molecule has 1 aromatic heterocycles. The summed E-state index contributed by atoms with van der Waals surface area (Å²) in [4.78, 5) is 16.9. The Morgan fingerprint density at radius 3 is 2.62 bits per heavy atom. The lowest BCUT2D eigenvalue weighted by atomic mass is 10.0. The molecule has 3 rings (SSSR count). The number of sulfonamides is 1. The Morgan fingerprint density at radius 2 is 2.03 bits per heavy atom. The summed E-state index contributed by atoms with van der Waals surface area (Å²) in [6.07, 6.45) is -0.194. The summed E-state index contributed by atoms with van der Waals surface area (Å²) in [5.74, 6) is 0.574. The van der Waals surface area contributed by atoms with Crippen LogP contribution in [0.15, 0.2) is 27.6 Å². The van der Waals surface area contributed by atoms with Crippen molar-refractivity contribution >= 4 is 21.6 Å².